The van der Waals surface area contributed by atoms with Crippen LogP contribution in [0.4, 0.5) is 0 Å². The largest absolute Gasteiger partial charge is 0.283 e. The van der Waals surface area contributed by atoms with E-state index in [9.17, 15) is 0 Å². The Kier molecular flexibility index (Phi) is 3.84. The summed E-state index contributed by atoms with van der Waals surface area (Å²) in [4.78, 5) is 4.54. The normalized spacial score (nSPS) is 16.2. The molecule has 1 heterocycles. The maximum Gasteiger partial charge on any atom is 0.0679 e. The molecule has 1 aromatic rings. The van der Waals surface area contributed by atoms with Crippen LogP contribution in [0.25, 0.3) is 0 Å². The van der Waals surface area contributed by atoms with Gasteiger partial charge in [-0.15, -0.1) is 11.8 Å². The Morgan fingerprint density at radius 1 is 1.20 bits per heavy atom. The van der Waals surface area contributed by atoms with Gasteiger partial charge in [-0.1, -0.05) is 29.8 Å². The molecular formula is C13H17NS. The molecule has 1 aromatic carbocycles. The first-order valence-electron chi connectivity index (χ1n) is 5.56. The lowest BCUT2D eigenvalue weighted by Gasteiger charge is -2.10. The molecule has 0 N–H and O–H groups in total. The van der Waals surface area contributed by atoms with E-state index >= 15 is 0 Å². The van der Waals surface area contributed by atoms with Gasteiger partial charge in [-0.3, -0.25) is 4.99 Å². The fourth-order valence-electron chi connectivity index (χ4n) is 1.66. The molecule has 0 saturated carbocycles. The zero-order valence-electron chi connectivity index (χ0n) is 9.20. The predicted octanol–water partition coefficient (Wildman–Crippen LogP) is 3.46. The van der Waals surface area contributed by atoms with Crippen LogP contribution >= 0.6 is 11.8 Å². The lowest BCUT2D eigenvalue weighted by Crippen LogP contribution is -2.04. The van der Waals surface area contributed by atoms with Crippen LogP contribution in [0.1, 0.15) is 24.0 Å². The Hall–Kier alpha value is -0.760. The maximum atomic E-state index is 4.54. The van der Waals surface area contributed by atoms with Gasteiger partial charge < -0.3 is 0 Å². The van der Waals surface area contributed by atoms with E-state index in [0.29, 0.717) is 0 Å². The number of benzene rings is 1. The SMILES string of the molecule is Cc1ccc(CCC2=NCCCS2)cc1. The van der Waals surface area contributed by atoms with E-state index in [1.165, 1.54) is 28.3 Å². The van der Waals surface area contributed by atoms with E-state index < -0.39 is 0 Å². The monoisotopic (exact) mass is 219 g/mol. The van der Waals surface area contributed by atoms with Gasteiger partial charge in [-0.25, -0.2) is 0 Å². The third-order valence-electron chi connectivity index (χ3n) is 2.61. The molecular weight excluding hydrogens is 202 g/mol. The van der Waals surface area contributed by atoms with Crippen LogP contribution in [0.3, 0.4) is 0 Å². The Bertz CT molecular complexity index is 340. The second kappa shape index (κ2) is 5.36. The minimum absolute atomic E-state index is 1.04. The number of thioether (sulfide) groups is 1. The molecule has 0 spiro atoms. The molecule has 0 fully saturated rings. The van der Waals surface area contributed by atoms with Gasteiger partial charge in [0.05, 0.1) is 5.04 Å². The van der Waals surface area contributed by atoms with Crippen molar-refractivity contribution < 1.29 is 0 Å². The number of nitrogens with zero attached hydrogens (tertiary/aromatic N) is 1. The lowest BCUT2D eigenvalue weighted by atomic mass is 10.1. The highest BCUT2D eigenvalue weighted by molar-refractivity contribution is 8.14. The lowest BCUT2D eigenvalue weighted by molar-refractivity contribution is 0.922. The van der Waals surface area contributed by atoms with Gasteiger partial charge in [0, 0.05) is 12.3 Å². The number of rotatable bonds is 3. The van der Waals surface area contributed by atoms with Crippen molar-refractivity contribution in [3.05, 3.63) is 35.4 Å². The molecule has 0 radical (unpaired) electrons. The Balaban J connectivity index is 1.87. The van der Waals surface area contributed by atoms with E-state index in [1.807, 2.05) is 11.8 Å². The molecule has 0 unspecified atom stereocenters. The maximum absolute atomic E-state index is 4.54. The second-order valence-corrected chi connectivity index (χ2v) is 5.13. The number of hydrogen-bond donors (Lipinski definition) is 0. The third kappa shape index (κ3) is 3.38. The molecule has 0 aliphatic carbocycles. The molecule has 0 bridgehead atoms. The van der Waals surface area contributed by atoms with Crippen LogP contribution in [0, 0.1) is 6.92 Å². The van der Waals surface area contributed by atoms with Crippen LogP contribution in [0.5, 0.6) is 0 Å². The summed E-state index contributed by atoms with van der Waals surface area (Å²) in [5.41, 5.74) is 2.76. The summed E-state index contributed by atoms with van der Waals surface area (Å²) in [5.74, 6) is 1.26. The summed E-state index contributed by atoms with van der Waals surface area (Å²) >= 11 is 1.94. The first-order chi connectivity index (χ1) is 7.34. The van der Waals surface area contributed by atoms with Crippen molar-refractivity contribution >= 4 is 16.8 Å². The van der Waals surface area contributed by atoms with Gasteiger partial charge >= 0.3 is 0 Å². The zero-order valence-corrected chi connectivity index (χ0v) is 10.0. The van der Waals surface area contributed by atoms with Crippen molar-refractivity contribution in [2.75, 3.05) is 12.3 Å². The molecule has 15 heavy (non-hydrogen) atoms. The molecule has 0 aromatic heterocycles. The minimum atomic E-state index is 1.04. The first kappa shape index (κ1) is 10.7. The molecule has 80 valence electrons. The topological polar surface area (TPSA) is 12.4 Å². The Morgan fingerprint density at radius 2 is 2.00 bits per heavy atom. The quantitative estimate of drug-likeness (QED) is 0.758. The molecule has 2 heteroatoms. The number of hydrogen-bond acceptors (Lipinski definition) is 2. The average molecular weight is 219 g/mol. The van der Waals surface area contributed by atoms with Gasteiger partial charge in [0.25, 0.3) is 0 Å². The van der Waals surface area contributed by atoms with Crippen LogP contribution in [0.2, 0.25) is 0 Å². The average Bonchev–Trinajstić information content (AvgIpc) is 2.30. The van der Waals surface area contributed by atoms with Gasteiger partial charge in [-0.2, -0.15) is 0 Å². The standard InChI is InChI=1S/C13H17NS/c1-11-3-5-12(6-4-11)7-8-13-14-9-2-10-15-13/h3-6H,2,7-10H2,1H3. The van der Waals surface area contributed by atoms with Crippen molar-refractivity contribution in [3.63, 3.8) is 0 Å². The molecule has 1 nitrogen and oxygen atoms in total. The van der Waals surface area contributed by atoms with E-state index in [1.54, 1.807) is 0 Å². The van der Waals surface area contributed by atoms with E-state index in [4.69, 9.17) is 0 Å². The van der Waals surface area contributed by atoms with E-state index in [0.717, 1.165) is 19.4 Å². The summed E-state index contributed by atoms with van der Waals surface area (Å²) in [7, 11) is 0. The molecule has 0 amide bonds. The van der Waals surface area contributed by atoms with Crippen molar-refractivity contribution in [1.82, 2.24) is 0 Å². The highest BCUT2D eigenvalue weighted by Gasteiger charge is 2.05. The van der Waals surface area contributed by atoms with Gasteiger partial charge in [0.2, 0.25) is 0 Å². The first-order valence-corrected chi connectivity index (χ1v) is 6.55. The van der Waals surface area contributed by atoms with Crippen molar-refractivity contribution in [3.8, 4) is 0 Å². The highest BCUT2D eigenvalue weighted by Crippen LogP contribution is 2.17. The fourth-order valence-corrected chi connectivity index (χ4v) is 2.60. The summed E-state index contributed by atoms with van der Waals surface area (Å²) in [5, 5.41) is 1.35. The van der Waals surface area contributed by atoms with Crippen molar-refractivity contribution in [2.24, 2.45) is 4.99 Å². The smallest absolute Gasteiger partial charge is 0.0679 e. The van der Waals surface area contributed by atoms with Gasteiger partial charge in [0.1, 0.15) is 0 Å². The summed E-state index contributed by atoms with van der Waals surface area (Å²) in [6, 6.07) is 8.82. The fraction of sp³-hybridized carbons (Fsp3) is 0.462. The third-order valence-corrected chi connectivity index (χ3v) is 3.77. The molecule has 2 rings (SSSR count). The predicted molar refractivity (Wildman–Crippen MR) is 68.9 cm³/mol. The Morgan fingerprint density at radius 3 is 2.67 bits per heavy atom. The number of aliphatic imine (C=N–C) groups is 1. The van der Waals surface area contributed by atoms with Gasteiger partial charge in [0.15, 0.2) is 0 Å². The van der Waals surface area contributed by atoms with Crippen molar-refractivity contribution in [2.45, 2.75) is 26.2 Å². The van der Waals surface area contributed by atoms with Crippen LogP contribution < -0.4 is 0 Å². The molecule has 0 atom stereocenters. The van der Waals surface area contributed by atoms with Crippen molar-refractivity contribution in [1.29, 1.82) is 0 Å². The van der Waals surface area contributed by atoms with Gasteiger partial charge in [-0.05, 0) is 31.7 Å². The molecule has 1 aliphatic heterocycles. The number of aryl methyl sites for hydroxylation is 2. The zero-order chi connectivity index (χ0) is 10.5. The molecule has 1 aliphatic rings. The van der Waals surface area contributed by atoms with E-state index in [-0.39, 0.29) is 0 Å². The summed E-state index contributed by atoms with van der Waals surface area (Å²) in [6.07, 6.45) is 3.50. The highest BCUT2D eigenvalue weighted by atomic mass is 32.2. The van der Waals surface area contributed by atoms with Crippen LogP contribution in [0.15, 0.2) is 29.3 Å². The summed E-state index contributed by atoms with van der Waals surface area (Å²) in [6.45, 7) is 3.17. The molecule has 0 saturated heterocycles. The van der Waals surface area contributed by atoms with E-state index in [2.05, 4.69) is 36.2 Å². The van der Waals surface area contributed by atoms with Crippen LogP contribution in [-0.2, 0) is 6.42 Å². The summed E-state index contributed by atoms with van der Waals surface area (Å²) < 4.78 is 0. The Labute approximate surface area is 96.0 Å². The minimum Gasteiger partial charge on any atom is -0.283 e. The van der Waals surface area contributed by atoms with Crippen LogP contribution in [-0.4, -0.2) is 17.3 Å². The second-order valence-electron chi connectivity index (χ2n) is 3.96.